The van der Waals surface area contributed by atoms with E-state index >= 15 is 0 Å². The Morgan fingerprint density at radius 3 is 2.36 bits per heavy atom. The second kappa shape index (κ2) is 10.6. The van der Waals surface area contributed by atoms with Crippen LogP contribution in [0.15, 0.2) is 0 Å². The number of hydrogen-bond donors (Lipinski definition) is 4. The first-order chi connectivity index (χ1) is 16.9. The molecule has 1 amide bonds. The van der Waals surface area contributed by atoms with E-state index in [4.69, 9.17) is 0 Å². The number of amides is 1. The van der Waals surface area contributed by atoms with E-state index in [0.717, 1.165) is 44.9 Å². The van der Waals surface area contributed by atoms with Crippen molar-refractivity contribution in [2.45, 2.75) is 123 Å². The zero-order chi connectivity index (χ0) is 26.4. The largest absolute Gasteiger partial charge is 0.480 e. The summed E-state index contributed by atoms with van der Waals surface area (Å²) in [7, 11) is 0. The average Bonchev–Trinajstić information content (AvgIpc) is 3.16. The quantitative estimate of drug-likeness (QED) is 0.371. The highest BCUT2D eigenvalue weighted by molar-refractivity contribution is 5.83. The van der Waals surface area contributed by atoms with Crippen molar-refractivity contribution >= 4 is 11.9 Å². The summed E-state index contributed by atoms with van der Waals surface area (Å²) in [5.41, 5.74) is 0.124. The first-order valence-corrected chi connectivity index (χ1v) is 14.8. The Balaban J connectivity index is 1.40. The van der Waals surface area contributed by atoms with Gasteiger partial charge < -0.3 is 20.6 Å². The van der Waals surface area contributed by atoms with Gasteiger partial charge in [-0.2, -0.15) is 0 Å². The van der Waals surface area contributed by atoms with Gasteiger partial charge in [-0.05, 0) is 116 Å². The Kier molecular flexibility index (Phi) is 8.17. The van der Waals surface area contributed by atoms with E-state index in [-0.39, 0.29) is 34.9 Å². The lowest BCUT2D eigenvalue weighted by Crippen LogP contribution is -2.58. The summed E-state index contributed by atoms with van der Waals surface area (Å²) in [6.07, 6.45) is 9.51. The molecule has 0 aromatic heterocycles. The predicted octanol–water partition coefficient (Wildman–Crippen LogP) is 5.01. The van der Waals surface area contributed by atoms with Gasteiger partial charge in [0, 0.05) is 6.42 Å². The number of carboxylic acids is 1. The maximum atomic E-state index is 12.6. The summed E-state index contributed by atoms with van der Waals surface area (Å²) >= 11 is 0. The van der Waals surface area contributed by atoms with Crippen molar-refractivity contribution in [1.29, 1.82) is 0 Å². The van der Waals surface area contributed by atoms with Gasteiger partial charge >= 0.3 is 5.97 Å². The first-order valence-electron chi connectivity index (χ1n) is 14.8. The fraction of sp³-hybridized carbons (Fsp3) is 0.933. The summed E-state index contributed by atoms with van der Waals surface area (Å²) in [5.74, 6) is 2.06. The van der Waals surface area contributed by atoms with Crippen molar-refractivity contribution in [1.82, 2.24) is 5.32 Å². The summed E-state index contributed by atoms with van der Waals surface area (Å²) in [5, 5.41) is 34.2. The van der Waals surface area contributed by atoms with Gasteiger partial charge in [-0.25, -0.2) is 4.79 Å². The lowest BCUT2D eigenvalue weighted by molar-refractivity contribution is -0.175. The molecule has 0 saturated heterocycles. The van der Waals surface area contributed by atoms with Gasteiger partial charge in [0.25, 0.3) is 0 Å². The monoisotopic (exact) mass is 505 g/mol. The normalized spacial score (nSPS) is 43.7. The van der Waals surface area contributed by atoms with Crippen LogP contribution in [0.5, 0.6) is 0 Å². The third-order valence-electron chi connectivity index (χ3n) is 11.7. The van der Waals surface area contributed by atoms with Crippen LogP contribution < -0.4 is 5.32 Å². The molecule has 4 aliphatic rings. The Labute approximate surface area is 218 Å². The van der Waals surface area contributed by atoms with Crippen molar-refractivity contribution in [2.24, 2.45) is 52.3 Å². The number of carbonyl (C=O) groups is 2. The van der Waals surface area contributed by atoms with Crippen LogP contribution in [0.2, 0.25) is 0 Å². The van der Waals surface area contributed by atoms with Gasteiger partial charge in [0.05, 0.1) is 12.2 Å². The molecule has 6 nitrogen and oxygen atoms in total. The highest BCUT2D eigenvalue weighted by Crippen LogP contribution is 2.68. The molecule has 0 heterocycles. The molecule has 4 rings (SSSR count). The summed E-state index contributed by atoms with van der Waals surface area (Å²) in [6, 6.07) is -0.823. The molecule has 4 fully saturated rings. The van der Waals surface area contributed by atoms with E-state index in [1.165, 1.54) is 12.8 Å². The molecule has 4 saturated carbocycles. The highest BCUT2D eigenvalue weighted by Gasteiger charge is 2.63. The molecule has 4 N–H and O–H groups in total. The number of carbonyl (C=O) groups excluding carboxylic acids is 1. The number of nitrogens with one attached hydrogen (secondary N) is 1. The Bertz CT molecular complexity index is 815. The minimum Gasteiger partial charge on any atom is -0.480 e. The van der Waals surface area contributed by atoms with Crippen molar-refractivity contribution in [3.05, 3.63) is 0 Å². The Morgan fingerprint density at radius 1 is 0.972 bits per heavy atom. The van der Waals surface area contributed by atoms with Crippen molar-refractivity contribution in [3.8, 4) is 0 Å². The molecule has 4 aliphatic carbocycles. The van der Waals surface area contributed by atoms with Crippen molar-refractivity contribution in [2.75, 3.05) is 0 Å². The van der Waals surface area contributed by atoms with Crippen LogP contribution in [0.1, 0.15) is 105 Å². The molecule has 0 bridgehead atoms. The number of aliphatic hydroxyl groups excluding tert-OH is 2. The Hall–Kier alpha value is -1.14. The summed E-state index contributed by atoms with van der Waals surface area (Å²) in [4.78, 5) is 24.2. The summed E-state index contributed by atoms with van der Waals surface area (Å²) in [6.45, 7) is 10.9. The van der Waals surface area contributed by atoms with E-state index in [9.17, 15) is 24.9 Å². The molecule has 0 spiro atoms. The molecule has 36 heavy (non-hydrogen) atoms. The lowest BCUT2D eigenvalue weighted by atomic mass is 9.43. The Morgan fingerprint density at radius 2 is 1.69 bits per heavy atom. The van der Waals surface area contributed by atoms with E-state index < -0.39 is 12.0 Å². The topological polar surface area (TPSA) is 107 Å². The molecule has 0 aromatic carbocycles. The molecule has 206 valence electrons. The summed E-state index contributed by atoms with van der Waals surface area (Å²) < 4.78 is 0. The predicted molar refractivity (Wildman–Crippen MR) is 140 cm³/mol. The number of aliphatic hydroxyl groups is 2. The lowest BCUT2D eigenvalue weighted by Gasteiger charge is -2.62. The second-order valence-electron chi connectivity index (χ2n) is 14.0. The molecule has 0 radical (unpaired) electrons. The zero-order valence-electron chi connectivity index (χ0n) is 23.2. The molecular weight excluding hydrogens is 454 g/mol. The third kappa shape index (κ3) is 4.98. The van der Waals surface area contributed by atoms with Gasteiger partial charge in [0.2, 0.25) is 5.91 Å². The highest BCUT2D eigenvalue weighted by atomic mass is 16.4. The van der Waals surface area contributed by atoms with Crippen molar-refractivity contribution in [3.63, 3.8) is 0 Å². The fourth-order valence-corrected chi connectivity index (χ4v) is 9.68. The standard InChI is InChI=1S/C30H51NO5/c1-17(2)14-25(28(35)36)31-27(34)11-6-18(3)22-9-10-23-21-8-7-19-15-20(32)12-13-29(19,4)24(21)16-26(33)30(22,23)5/h17-26,32-33H,6-16H2,1-5H3,(H,31,34)(H,35,36)/t18-,19-,20-,21+,22-,23+,24+,25+,26+,29+,30-/m1/s1. The van der Waals surface area contributed by atoms with Gasteiger partial charge in [-0.15, -0.1) is 0 Å². The SMILES string of the molecule is CC(C)C[C@H](NC(=O)CC[C@@H](C)[C@H]1CC[C@H]2[C@@H]3CC[C@@H]4C[C@H](O)CC[C@]4(C)[C@H]3C[C@H](O)[C@]12C)C(=O)O. The minimum atomic E-state index is -0.966. The maximum Gasteiger partial charge on any atom is 0.326 e. The molecule has 0 aromatic rings. The molecule has 11 atom stereocenters. The van der Waals surface area contributed by atoms with Crippen LogP contribution in [0, 0.1) is 52.3 Å². The number of hydrogen-bond acceptors (Lipinski definition) is 4. The van der Waals surface area contributed by atoms with Gasteiger partial charge in [0.1, 0.15) is 6.04 Å². The second-order valence-corrected chi connectivity index (χ2v) is 14.0. The van der Waals surface area contributed by atoms with Gasteiger partial charge in [-0.1, -0.05) is 34.6 Å². The van der Waals surface area contributed by atoms with Crippen LogP contribution in [0.3, 0.4) is 0 Å². The van der Waals surface area contributed by atoms with Crippen LogP contribution in [0.4, 0.5) is 0 Å². The van der Waals surface area contributed by atoms with Crippen molar-refractivity contribution < 1.29 is 24.9 Å². The minimum absolute atomic E-state index is 0.115. The number of rotatable bonds is 8. The van der Waals surface area contributed by atoms with Crippen LogP contribution in [0.25, 0.3) is 0 Å². The number of aliphatic carboxylic acids is 1. The van der Waals surface area contributed by atoms with E-state index in [0.29, 0.717) is 48.3 Å². The number of fused-ring (bicyclic) bond motifs is 5. The van der Waals surface area contributed by atoms with E-state index in [1.54, 1.807) is 0 Å². The van der Waals surface area contributed by atoms with Gasteiger partial charge in [-0.3, -0.25) is 4.79 Å². The molecular formula is C30H51NO5. The van der Waals surface area contributed by atoms with Gasteiger partial charge in [0.15, 0.2) is 0 Å². The van der Waals surface area contributed by atoms with Crippen LogP contribution in [-0.4, -0.2) is 45.4 Å². The first kappa shape index (κ1) is 27.9. The molecule has 0 unspecified atom stereocenters. The zero-order valence-corrected chi connectivity index (χ0v) is 23.2. The smallest absolute Gasteiger partial charge is 0.326 e. The average molecular weight is 506 g/mol. The maximum absolute atomic E-state index is 12.6. The fourth-order valence-electron chi connectivity index (χ4n) is 9.68. The van der Waals surface area contributed by atoms with E-state index in [2.05, 4.69) is 26.1 Å². The van der Waals surface area contributed by atoms with Crippen LogP contribution in [-0.2, 0) is 9.59 Å². The molecule has 6 heteroatoms. The van der Waals surface area contributed by atoms with E-state index in [1.807, 2.05) is 13.8 Å². The molecule has 0 aliphatic heterocycles. The van der Waals surface area contributed by atoms with Crippen LogP contribution >= 0.6 is 0 Å². The number of carboxylic acid groups (broad SMARTS) is 1. The third-order valence-corrected chi connectivity index (χ3v) is 11.7.